The highest BCUT2D eigenvalue weighted by molar-refractivity contribution is 7.91. The van der Waals surface area contributed by atoms with Gasteiger partial charge < -0.3 is 10.3 Å². The van der Waals surface area contributed by atoms with E-state index < -0.39 is 10.0 Å². The molecule has 9 heteroatoms. The van der Waals surface area contributed by atoms with Gasteiger partial charge in [-0.3, -0.25) is 0 Å². The quantitative estimate of drug-likeness (QED) is 0.640. The molecule has 0 spiro atoms. The summed E-state index contributed by atoms with van der Waals surface area (Å²) >= 11 is 1.21. The van der Waals surface area contributed by atoms with E-state index in [-0.39, 0.29) is 0 Å². The third-order valence-corrected chi connectivity index (χ3v) is 7.06. The van der Waals surface area contributed by atoms with Gasteiger partial charge in [0.1, 0.15) is 15.6 Å². The average molecular weight is 380 g/mol. The van der Waals surface area contributed by atoms with Gasteiger partial charge in [-0.25, -0.2) is 23.1 Å². The number of nitrogens with one attached hydrogen (secondary N) is 1. The summed E-state index contributed by atoms with van der Waals surface area (Å²) in [5, 5.41) is 1.75. The second-order valence-electron chi connectivity index (χ2n) is 5.90. The predicted octanol–water partition coefficient (Wildman–Crippen LogP) is 2.37. The summed E-state index contributed by atoms with van der Waals surface area (Å²) in [6.07, 6.45) is 0.650. The first kappa shape index (κ1) is 17.8. The largest absolute Gasteiger partial charge is 0.382 e. The number of rotatable bonds is 6. The monoisotopic (exact) mass is 379 g/mol. The number of nitrogens with zero attached hydrogens (tertiary/aromatic N) is 3. The number of thiophene rings is 1. The normalized spacial score (nSPS) is 12.1. The van der Waals surface area contributed by atoms with E-state index in [0.29, 0.717) is 35.1 Å². The Morgan fingerprint density at radius 2 is 2.04 bits per heavy atom. The zero-order valence-corrected chi connectivity index (χ0v) is 16.0. The Bertz CT molecular complexity index is 1010. The van der Waals surface area contributed by atoms with E-state index in [1.807, 2.05) is 20.8 Å². The van der Waals surface area contributed by atoms with Crippen LogP contribution >= 0.6 is 11.3 Å². The van der Waals surface area contributed by atoms with Gasteiger partial charge in [-0.1, -0.05) is 6.07 Å². The molecule has 0 bridgehead atoms. The number of aromatic nitrogens is 3. The van der Waals surface area contributed by atoms with Gasteiger partial charge in [0.05, 0.1) is 5.52 Å². The van der Waals surface area contributed by atoms with Crippen molar-refractivity contribution < 1.29 is 8.42 Å². The van der Waals surface area contributed by atoms with Crippen LogP contribution in [0.3, 0.4) is 0 Å². The topological polar surface area (TPSA) is 103 Å². The minimum Gasteiger partial charge on any atom is -0.382 e. The Kier molecular flexibility index (Phi) is 4.81. The molecule has 3 rings (SSSR count). The molecule has 0 saturated heterocycles. The third-order valence-electron chi connectivity index (χ3n) is 4.20. The molecule has 0 amide bonds. The Labute approximate surface area is 151 Å². The Morgan fingerprint density at radius 1 is 1.28 bits per heavy atom. The van der Waals surface area contributed by atoms with Crippen molar-refractivity contribution in [2.45, 2.75) is 37.9 Å². The third kappa shape index (κ3) is 3.39. The second kappa shape index (κ2) is 6.74. The summed E-state index contributed by atoms with van der Waals surface area (Å²) in [5.74, 6) is 1.27. The smallest absolute Gasteiger partial charge is 0.250 e. The number of hydrogen-bond donors (Lipinski definition) is 2. The molecule has 0 fully saturated rings. The lowest BCUT2D eigenvalue weighted by Gasteiger charge is -2.11. The number of sulfonamides is 1. The molecule has 3 heterocycles. The number of nitrogen functional groups attached to an aromatic ring is 1. The summed E-state index contributed by atoms with van der Waals surface area (Å²) in [7, 11) is -3.42. The van der Waals surface area contributed by atoms with Crippen molar-refractivity contribution in [3.05, 3.63) is 34.6 Å². The Balaban J connectivity index is 1.75. The van der Waals surface area contributed by atoms with E-state index in [4.69, 9.17) is 5.73 Å². The van der Waals surface area contributed by atoms with Crippen molar-refractivity contribution in [2.24, 2.45) is 0 Å². The number of imidazole rings is 1. The van der Waals surface area contributed by atoms with E-state index in [0.717, 1.165) is 22.6 Å². The molecular weight excluding hydrogens is 358 g/mol. The van der Waals surface area contributed by atoms with Crippen molar-refractivity contribution in [1.82, 2.24) is 19.3 Å². The Hall–Kier alpha value is -1.97. The van der Waals surface area contributed by atoms with Crippen LogP contribution in [0.4, 0.5) is 5.82 Å². The number of nitrogens with two attached hydrogens (primary N) is 1. The van der Waals surface area contributed by atoms with Gasteiger partial charge >= 0.3 is 0 Å². The van der Waals surface area contributed by atoms with E-state index in [1.54, 1.807) is 17.5 Å². The average Bonchev–Trinajstić information content (AvgIpc) is 3.18. The molecule has 0 radical (unpaired) electrons. The van der Waals surface area contributed by atoms with Gasteiger partial charge in [-0.2, -0.15) is 0 Å². The van der Waals surface area contributed by atoms with Crippen LogP contribution in [0.2, 0.25) is 0 Å². The number of hydrogen-bond acceptors (Lipinski definition) is 6. The number of anilines is 1. The van der Waals surface area contributed by atoms with Crippen molar-refractivity contribution in [2.75, 3.05) is 12.3 Å². The maximum Gasteiger partial charge on any atom is 0.250 e. The SMILES string of the molecule is Cc1nc(N)c2nc(C)n(CCCNS(=O)(=O)c3cccs3)c2c1C. The van der Waals surface area contributed by atoms with Crippen molar-refractivity contribution in [1.29, 1.82) is 0 Å². The van der Waals surface area contributed by atoms with E-state index in [2.05, 4.69) is 19.3 Å². The first-order valence-electron chi connectivity index (χ1n) is 7.94. The highest BCUT2D eigenvalue weighted by Crippen LogP contribution is 2.26. The lowest BCUT2D eigenvalue weighted by molar-refractivity contribution is 0.572. The van der Waals surface area contributed by atoms with Crippen LogP contribution in [0.1, 0.15) is 23.5 Å². The van der Waals surface area contributed by atoms with Gasteiger partial charge in [0.2, 0.25) is 10.0 Å². The van der Waals surface area contributed by atoms with Gasteiger partial charge in [0.15, 0.2) is 5.82 Å². The highest BCUT2D eigenvalue weighted by Gasteiger charge is 2.16. The van der Waals surface area contributed by atoms with Crippen molar-refractivity contribution in [3.63, 3.8) is 0 Å². The maximum absolute atomic E-state index is 12.1. The summed E-state index contributed by atoms with van der Waals surface area (Å²) in [5.41, 5.74) is 9.61. The number of aryl methyl sites for hydroxylation is 4. The van der Waals surface area contributed by atoms with E-state index in [9.17, 15) is 8.42 Å². The Morgan fingerprint density at radius 3 is 2.72 bits per heavy atom. The molecule has 134 valence electrons. The van der Waals surface area contributed by atoms with Gasteiger partial charge in [0.25, 0.3) is 0 Å². The van der Waals surface area contributed by atoms with E-state index >= 15 is 0 Å². The molecule has 0 unspecified atom stereocenters. The fourth-order valence-electron chi connectivity index (χ4n) is 2.82. The molecule has 7 nitrogen and oxygen atoms in total. The first-order valence-corrected chi connectivity index (χ1v) is 10.3. The minimum atomic E-state index is -3.42. The number of fused-ring (bicyclic) bond motifs is 1. The maximum atomic E-state index is 12.1. The minimum absolute atomic E-state index is 0.335. The number of pyridine rings is 1. The lowest BCUT2D eigenvalue weighted by atomic mass is 10.2. The zero-order chi connectivity index (χ0) is 18.2. The van der Waals surface area contributed by atoms with E-state index in [1.165, 1.54) is 11.3 Å². The first-order chi connectivity index (χ1) is 11.8. The molecule has 3 N–H and O–H groups in total. The molecule has 0 aliphatic heterocycles. The van der Waals surface area contributed by atoms with Crippen LogP contribution in [0.25, 0.3) is 11.0 Å². The fourth-order valence-corrected chi connectivity index (χ4v) is 4.93. The van der Waals surface area contributed by atoms with Crippen LogP contribution < -0.4 is 10.5 Å². The summed E-state index contributed by atoms with van der Waals surface area (Å²) in [4.78, 5) is 8.85. The van der Waals surface area contributed by atoms with Gasteiger partial charge in [-0.05, 0) is 44.2 Å². The lowest BCUT2D eigenvalue weighted by Crippen LogP contribution is -2.25. The zero-order valence-electron chi connectivity index (χ0n) is 14.4. The second-order valence-corrected chi connectivity index (χ2v) is 8.84. The van der Waals surface area contributed by atoms with Crippen LogP contribution in [-0.2, 0) is 16.6 Å². The van der Waals surface area contributed by atoms with Crippen molar-refractivity contribution in [3.8, 4) is 0 Å². The summed E-state index contributed by atoms with van der Waals surface area (Å²) in [6, 6.07) is 3.33. The van der Waals surface area contributed by atoms with Crippen molar-refractivity contribution >= 4 is 38.2 Å². The molecular formula is C16H21N5O2S2. The van der Waals surface area contributed by atoms with Crippen LogP contribution in [-0.4, -0.2) is 29.5 Å². The highest BCUT2D eigenvalue weighted by atomic mass is 32.2. The molecule has 0 aliphatic rings. The van der Waals surface area contributed by atoms with Crippen LogP contribution in [0.5, 0.6) is 0 Å². The van der Waals surface area contributed by atoms with Crippen LogP contribution in [0.15, 0.2) is 21.7 Å². The molecule has 0 saturated carbocycles. The summed E-state index contributed by atoms with van der Waals surface area (Å²) < 4.78 is 29.3. The molecule has 0 atom stereocenters. The molecule has 0 aliphatic carbocycles. The standard InChI is InChI=1S/C16H21N5O2S2/c1-10-11(2)19-16(17)14-15(10)21(12(3)20-14)8-5-7-18-25(22,23)13-6-4-9-24-13/h4,6,9,18H,5,7-8H2,1-3H3,(H2,17,19). The van der Waals surface area contributed by atoms with Gasteiger partial charge in [-0.15, -0.1) is 11.3 Å². The predicted molar refractivity (Wildman–Crippen MR) is 100 cm³/mol. The molecule has 25 heavy (non-hydrogen) atoms. The fraction of sp³-hybridized carbons (Fsp3) is 0.375. The van der Waals surface area contributed by atoms with Crippen LogP contribution in [0, 0.1) is 20.8 Å². The molecule has 3 aromatic heterocycles. The molecule has 3 aromatic rings. The summed E-state index contributed by atoms with van der Waals surface area (Å²) in [6.45, 7) is 6.86. The molecule has 0 aromatic carbocycles. The van der Waals surface area contributed by atoms with Gasteiger partial charge in [0, 0.05) is 18.8 Å².